The number of carbonyl (C=O) groups is 3. The predicted molar refractivity (Wildman–Crippen MR) is 221 cm³/mol. The number of aryl methyl sites for hydroxylation is 1. The first kappa shape index (κ1) is 39.3. The Bertz CT molecular complexity index is 2790. The molecular weight excluding hydrogens is 765 g/mol. The molecule has 2 aliphatic heterocycles. The Balaban J connectivity index is 0.835. The number of piperidine rings is 2. The number of imide groups is 1. The number of benzene rings is 3. The summed E-state index contributed by atoms with van der Waals surface area (Å²) >= 11 is 0. The Kier molecular flexibility index (Phi) is 11.2. The van der Waals surface area contributed by atoms with Crippen LogP contribution in [0.3, 0.4) is 0 Å². The van der Waals surface area contributed by atoms with Crippen molar-refractivity contribution in [3.63, 3.8) is 0 Å². The Labute approximate surface area is 343 Å². The van der Waals surface area contributed by atoms with Gasteiger partial charge in [-0.15, -0.1) is 0 Å². The molecule has 0 bridgehead atoms. The Morgan fingerprint density at radius 1 is 0.917 bits per heavy atom. The van der Waals surface area contributed by atoms with Crippen LogP contribution < -0.4 is 26.5 Å². The lowest BCUT2D eigenvalue weighted by atomic mass is 9.98. The smallest absolute Gasteiger partial charge is 0.277 e. The third-order valence-corrected chi connectivity index (χ3v) is 10.8. The number of hydrogen-bond acceptors (Lipinski definition) is 12. The molecule has 8 rings (SSSR count). The van der Waals surface area contributed by atoms with Crippen molar-refractivity contribution >= 4 is 34.2 Å². The van der Waals surface area contributed by atoms with Crippen molar-refractivity contribution in [2.45, 2.75) is 45.2 Å². The molecule has 0 spiro atoms. The van der Waals surface area contributed by atoms with Crippen LogP contribution in [0.2, 0.25) is 0 Å². The second-order valence-electron chi connectivity index (χ2n) is 14.9. The van der Waals surface area contributed by atoms with Gasteiger partial charge in [0.2, 0.25) is 11.8 Å². The van der Waals surface area contributed by atoms with Gasteiger partial charge in [0.1, 0.15) is 6.04 Å². The van der Waals surface area contributed by atoms with Crippen molar-refractivity contribution in [3.05, 3.63) is 129 Å². The zero-order valence-corrected chi connectivity index (χ0v) is 32.7. The maximum Gasteiger partial charge on any atom is 0.277 e. The van der Waals surface area contributed by atoms with Gasteiger partial charge >= 0.3 is 0 Å². The highest BCUT2D eigenvalue weighted by molar-refractivity contribution is 6.00. The lowest BCUT2D eigenvalue weighted by Crippen LogP contribution is -2.45. The summed E-state index contributed by atoms with van der Waals surface area (Å²) in [5.41, 5.74) is 3.76. The quantitative estimate of drug-likeness (QED) is 0.178. The van der Waals surface area contributed by atoms with Gasteiger partial charge in [0, 0.05) is 47.8 Å². The van der Waals surface area contributed by atoms with Gasteiger partial charge in [-0.3, -0.25) is 29.3 Å². The fraction of sp³-hybridized carbons (Fsp3) is 0.273. The van der Waals surface area contributed by atoms with Crippen LogP contribution in [0, 0.1) is 24.2 Å². The van der Waals surface area contributed by atoms with Gasteiger partial charge in [0.05, 0.1) is 60.5 Å². The average molecular weight is 805 g/mol. The number of likely N-dealkylation sites (tertiary alicyclic amines) is 1. The molecule has 0 aliphatic carbocycles. The van der Waals surface area contributed by atoms with E-state index in [-0.39, 0.29) is 49.2 Å². The number of carbonyl (C=O) groups excluding carboxylic acids is 3. The molecule has 16 heteroatoms. The van der Waals surface area contributed by atoms with Crippen molar-refractivity contribution in [1.29, 1.82) is 5.26 Å². The second-order valence-corrected chi connectivity index (χ2v) is 14.9. The number of anilines is 1. The van der Waals surface area contributed by atoms with Gasteiger partial charge in [0.15, 0.2) is 11.6 Å². The summed E-state index contributed by atoms with van der Waals surface area (Å²) < 4.78 is 8.59. The molecule has 302 valence electrons. The van der Waals surface area contributed by atoms with Gasteiger partial charge in [-0.1, -0.05) is 42.5 Å². The molecule has 60 heavy (non-hydrogen) atoms. The van der Waals surface area contributed by atoms with Gasteiger partial charge in [-0.2, -0.15) is 15.5 Å². The summed E-state index contributed by atoms with van der Waals surface area (Å²) in [5.74, 6) is 0.217. The Hall–Kier alpha value is -7.54. The summed E-state index contributed by atoms with van der Waals surface area (Å²) in [4.78, 5) is 74.8. The summed E-state index contributed by atoms with van der Waals surface area (Å²) in [6.07, 6.45) is 5.06. The highest BCUT2D eigenvalue weighted by Gasteiger charge is 2.31. The number of rotatable bonds is 11. The van der Waals surface area contributed by atoms with E-state index < -0.39 is 17.5 Å². The van der Waals surface area contributed by atoms with Crippen molar-refractivity contribution in [2.75, 3.05) is 31.6 Å². The van der Waals surface area contributed by atoms with Crippen molar-refractivity contribution < 1.29 is 19.1 Å². The van der Waals surface area contributed by atoms with Crippen molar-refractivity contribution in [3.8, 4) is 34.5 Å². The number of hydrogen-bond donors (Lipinski definition) is 2. The summed E-state index contributed by atoms with van der Waals surface area (Å²) in [7, 11) is 0. The molecule has 3 aromatic heterocycles. The summed E-state index contributed by atoms with van der Waals surface area (Å²) in [6.45, 7) is 3.53. The van der Waals surface area contributed by atoms with Crippen LogP contribution in [-0.4, -0.2) is 78.4 Å². The molecule has 1 unspecified atom stereocenters. The number of aromatic nitrogens is 6. The topological polar surface area (TPSA) is 207 Å². The molecule has 2 N–H and O–H groups in total. The predicted octanol–water partition coefficient (Wildman–Crippen LogP) is 4.01. The molecule has 1 atom stereocenters. The van der Waals surface area contributed by atoms with E-state index in [1.807, 2.05) is 30.3 Å². The maximum atomic E-state index is 13.7. The van der Waals surface area contributed by atoms with Crippen LogP contribution in [-0.2, 0) is 20.9 Å². The number of fused-ring (bicyclic) bond motifs is 1. The standard InChI is InChI=1S/C44H40N10O6/c1-27-34-9-4-10-36(41(34)44(59)54(50-27)37-12-13-38(55)49-43(37)58)46-24-40(57)52-17-15-28(16-18-52)26-60-33-22-47-42(48-23-33)32-8-3-6-30(20-32)25-53-39(56)14-11-35(51-53)31-7-2-5-29(19-31)21-45/h2-11,14,19-20,22-23,28,37,46H,12-13,15-18,24-26H2,1H3,(H,49,55,58). The first-order chi connectivity index (χ1) is 29.1. The fourth-order valence-electron chi connectivity index (χ4n) is 7.57. The number of amides is 3. The van der Waals surface area contributed by atoms with E-state index in [1.165, 1.54) is 10.7 Å². The van der Waals surface area contributed by atoms with E-state index in [9.17, 15) is 29.2 Å². The number of nitrogens with one attached hydrogen (secondary N) is 2. The lowest BCUT2D eigenvalue weighted by Gasteiger charge is -2.32. The van der Waals surface area contributed by atoms with Gasteiger partial charge in [0.25, 0.3) is 17.0 Å². The van der Waals surface area contributed by atoms with Crippen LogP contribution in [0.5, 0.6) is 5.75 Å². The zero-order chi connectivity index (χ0) is 41.8. The number of ether oxygens (including phenoxy) is 1. The molecule has 0 radical (unpaired) electrons. The van der Waals surface area contributed by atoms with Gasteiger partial charge in [-0.25, -0.2) is 19.3 Å². The minimum atomic E-state index is -0.898. The van der Waals surface area contributed by atoms with Crippen molar-refractivity contribution in [1.82, 2.24) is 39.7 Å². The molecule has 16 nitrogen and oxygen atoms in total. The van der Waals surface area contributed by atoms with Crippen molar-refractivity contribution in [2.24, 2.45) is 5.92 Å². The van der Waals surface area contributed by atoms with E-state index >= 15 is 0 Å². The minimum Gasteiger partial charge on any atom is -0.490 e. The third-order valence-electron chi connectivity index (χ3n) is 10.8. The van der Waals surface area contributed by atoms with E-state index in [1.54, 1.807) is 66.7 Å². The SMILES string of the molecule is Cc1nn(C2CCC(=O)NC2=O)c(=O)c2c(NCC(=O)N3CCC(COc4cnc(-c5cccc(Cn6nc(-c7cccc(C#N)c7)ccc6=O)c5)nc4)CC3)cccc12. The summed E-state index contributed by atoms with van der Waals surface area (Å²) in [6, 6.07) is 24.3. The molecule has 2 aliphatic rings. The molecule has 0 saturated carbocycles. The minimum absolute atomic E-state index is 0.0200. The molecule has 5 heterocycles. The average Bonchev–Trinajstić information content (AvgIpc) is 3.27. The number of nitriles is 1. The van der Waals surface area contributed by atoms with Crippen LogP contribution in [0.4, 0.5) is 5.69 Å². The maximum absolute atomic E-state index is 13.7. The monoisotopic (exact) mass is 804 g/mol. The highest BCUT2D eigenvalue weighted by atomic mass is 16.5. The van der Waals surface area contributed by atoms with E-state index in [4.69, 9.17) is 4.74 Å². The zero-order valence-electron chi connectivity index (χ0n) is 32.7. The van der Waals surface area contributed by atoms with Crippen LogP contribution >= 0.6 is 0 Å². The summed E-state index contributed by atoms with van der Waals surface area (Å²) in [5, 5.41) is 24.6. The normalized spacial score (nSPS) is 15.7. The molecule has 3 amide bonds. The van der Waals surface area contributed by atoms with E-state index in [2.05, 4.69) is 36.9 Å². The molecule has 2 saturated heterocycles. The van der Waals surface area contributed by atoms with E-state index in [0.29, 0.717) is 64.7 Å². The van der Waals surface area contributed by atoms with Gasteiger partial charge < -0.3 is 15.0 Å². The molecule has 2 fully saturated rings. The number of nitrogens with zero attached hydrogens (tertiary/aromatic N) is 8. The van der Waals surface area contributed by atoms with Gasteiger partial charge in [-0.05, 0) is 68.0 Å². The first-order valence-electron chi connectivity index (χ1n) is 19.6. The van der Waals surface area contributed by atoms with Crippen LogP contribution in [0.1, 0.15) is 48.5 Å². The molecule has 3 aromatic carbocycles. The second kappa shape index (κ2) is 17.1. The molecular formula is C44H40N10O6. The third kappa shape index (κ3) is 8.51. The fourth-order valence-corrected chi connectivity index (χ4v) is 7.57. The Morgan fingerprint density at radius 3 is 2.47 bits per heavy atom. The lowest BCUT2D eigenvalue weighted by molar-refractivity contribution is -0.136. The highest BCUT2D eigenvalue weighted by Crippen LogP contribution is 2.26. The largest absolute Gasteiger partial charge is 0.490 e. The molecule has 6 aromatic rings. The van der Waals surface area contributed by atoms with Crippen LogP contribution in [0.15, 0.2) is 101 Å². The first-order valence-corrected chi connectivity index (χ1v) is 19.6. The van der Waals surface area contributed by atoms with Crippen LogP contribution in [0.25, 0.3) is 33.4 Å². The van der Waals surface area contributed by atoms with E-state index in [0.717, 1.165) is 34.2 Å². The Morgan fingerprint density at radius 2 is 1.68 bits per heavy atom.